The summed E-state index contributed by atoms with van der Waals surface area (Å²) in [6.45, 7) is 0. The van der Waals surface area contributed by atoms with Gasteiger partial charge in [-0.3, -0.25) is 4.79 Å². The number of fused-ring (bicyclic) bond motifs is 1. The van der Waals surface area contributed by atoms with E-state index in [0.29, 0.717) is 0 Å². The summed E-state index contributed by atoms with van der Waals surface area (Å²) in [5, 5.41) is 1.05. The lowest BCUT2D eigenvalue weighted by Gasteiger charge is -2.12. The zero-order valence-corrected chi connectivity index (χ0v) is 15.7. The maximum absolute atomic E-state index is 12.2. The van der Waals surface area contributed by atoms with Crippen LogP contribution in [0.25, 0.3) is 27.7 Å². The van der Waals surface area contributed by atoms with Crippen LogP contribution in [-0.4, -0.2) is 14.5 Å². The molecule has 4 nitrogen and oxygen atoms in total. The van der Waals surface area contributed by atoms with Crippen molar-refractivity contribution in [2.24, 2.45) is 0 Å². The molecule has 2 heterocycles. The highest BCUT2D eigenvalue weighted by molar-refractivity contribution is 5.94. The molecule has 0 fully saturated rings. The molecule has 0 bridgehead atoms. The van der Waals surface area contributed by atoms with Crippen LogP contribution in [0.3, 0.4) is 0 Å². The molecule has 5 rings (SSSR count). The third-order valence-corrected chi connectivity index (χ3v) is 5.16. The van der Waals surface area contributed by atoms with E-state index in [4.69, 9.17) is 0 Å². The normalized spacial score (nSPS) is 11.0. The number of rotatable bonds is 4. The number of hydrogen-bond donors (Lipinski definition) is 1. The van der Waals surface area contributed by atoms with Crippen LogP contribution < -0.4 is 5.56 Å². The smallest absolute Gasteiger partial charge is 0.249 e. The number of hydrogen-bond acceptors (Lipinski definition) is 2. The molecule has 3 aromatic carbocycles. The van der Waals surface area contributed by atoms with Crippen LogP contribution >= 0.6 is 0 Å². The first-order valence-electron chi connectivity index (χ1n) is 9.55. The van der Waals surface area contributed by atoms with E-state index < -0.39 is 0 Å². The summed E-state index contributed by atoms with van der Waals surface area (Å²) in [6, 6.07) is 26.3. The standard InChI is InChI=1S/C25H19N3O/c29-25-16-21(19-6-2-1-3-7-19)22-15-18(10-11-23(22)27-25)14-20-8-4-5-9-24(20)28-13-12-26-17-28/h1-13,15-17H,14H2,(H,27,29). The van der Waals surface area contributed by atoms with Gasteiger partial charge < -0.3 is 9.55 Å². The number of aromatic amines is 1. The number of aromatic nitrogens is 3. The molecule has 1 N–H and O–H groups in total. The minimum Gasteiger partial charge on any atom is -0.322 e. The van der Waals surface area contributed by atoms with Gasteiger partial charge in [0.05, 0.1) is 6.33 Å². The first-order chi connectivity index (χ1) is 14.3. The summed E-state index contributed by atoms with van der Waals surface area (Å²) >= 11 is 0. The lowest BCUT2D eigenvalue weighted by Crippen LogP contribution is -2.05. The first-order valence-corrected chi connectivity index (χ1v) is 9.55. The van der Waals surface area contributed by atoms with E-state index in [1.807, 2.05) is 59.6 Å². The highest BCUT2D eigenvalue weighted by atomic mass is 16.1. The second-order valence-electron chi connectivity index (χ2n) is 7.07. The minimum absolute atomic E-state index is 0.0884. The van der Waals surface area contributed by atoms with Crippen molar-refractivity contribution in [3.8, 4) is 16.8 Å². The molecule has 0 saturated heterocycles. The summed E-state index contributed by atoms with van der Waals surface area (Å²) in [5.41, 5.74) is 6.28. The zero-order chi connectivity index (χ0) is 19.6. The molecular weight excluding hydrogens is 358 g/mol. The zero-order valence-electron chi connectivity index (χ0n) is 15.7. The van der Waals surface area contributed by atoms with E-state index in [1.165, 1.54) is 11.1 Å². The SMILES string of the molecule is O=c1cc(-c2ccccc2)c2cc(Cc3ccccc3-n3ccnc3)ccc2[nH]1. The van der Waals surface area contributed by atoms with Gasteiger partial charge in [-0.05, 0) is 46.9 Å². The maximum atomic E-state index is 12.2. The molecule has 5 aromatic rings. The van der Waals surface area contributed by atoms with Gasteiger partial charge in [0.2, 0.25) is 5.56 Å². The topological polar surface area (TPSA) is 50.7 Å². The summed E-state index contributed by atoms with van der Waals surface area (Å²) in [6.07, 6.45) is 6.35. The Labute approximate surface area is 168 Å². The summed E-state index contributed by atoms with van der Waals surface area (Å²) in [4.78, 5) is 19.3. The number of para-hydroxylation sites is 1. The largest absolute Gasteiger partial charge is 0.322 e. The average molecular weight is 377 g/mol. The Balaban J connectivity index is 1.62. The predicted molar refractivity (Wildman–Crippen MR) is 116 cm³/mol. The molecule has 140 valence electrons. The fourth-order valence-corrected chi connectivity index (χ4v) is 3.80. The molecule has 0 amide bonds. The second-order valence-corrected chi connectivity index (χ2v) is 7.07. The minimum atomic E-state index is -0.0884. The van der Waals surface area contributed by atoms with Crippen molar-refractivity contribution in [2.45, 2.75) is 6.42 Å². The van der Waals surface area contributed by atoms with Crippen molar-refractivity contribution in [1.82, 2.24) is 14.5 Å². The molecular formula is C25H19N3O. The van der Waals surface area contributed by atoms with Crippen LogP contribution in [0.5, 0.6) is 0 Å². The van der Waals surface area contributed by atoms with Gasteiger partial charge in [-0.15, -0.1) is 0 Å². The molecule has 4 heteroatoms. The molecule has 0 radical (unpaired) electrons. The Kier molecular flexibility index (Phi) is 4.30. The highest BCUT2D eigenvalue weighted by Crippen LogP contribution is 2.28. The van der Waals surface area contributed by atoms with Crippen LogP contribution in [0.1, 0.15) is 11.1 Å². The van der Waals surface area contributed by atoms with Gasteiger partial charge >= 0.3 is 0 Å². The molecule has 0 unspecified atom stereocenters. The number of nitrogens with zero attached hydrogens (tertiary/aromatic N) is 2. The fraction of sp³-hybridized carbons (Fsp3) is 0.0400. The van der Waals surface area contributed by atoms with Crippen molar-refractivity contribution >= 4 is 10.9 Å². The van der Waals surface area contributed by atoms with Crippen molar-refractivity contribution in [3.05, 3.63) is 119 Å². The van der Waals surface area contributed by atoms with E-state index in [1.54, 1.807) is 12.3 Å². The third-order valence-electron chi connectivity index (χ3n) is 5.16. The molecule has 0 aliphatic heterocycles. The van der Waals surface area contributed by atoms with E-state index in [2.05, 4.69) is 40.3 Å². The predicted octanol–water partition coefficient (Wildman–Crippen LogP) is 4.97. The first kappa shape index (κ1) is 17.2. The van der Waals surface area contributed by atoms with Crippen LogP contribution in [0, 0.1) is 0 Å². The molecule has 0 atom stereocenters. The van der Waals surface area contributed by atoms with Crippen molar-refractivity contribution in [3.63, 3.8) is 0 Å². The second kappa shape index (κ2) is 7.24. The van der Waals surface area contributed by atoms with Crippen molar-refractivity contribution < 1.29 is 0 Å². The summed E-state index contributed by atoms with van der Waals surface area (Å²) in [7, 11) is 0. The van der Waals surface area contributed by atoms with Gasteiger partial charge in [0.1, 0.15) is 0 Å². The molecule has 0 aliphatic rings. The molecule has 2 aromatic heterocycles. The van der Waals surface area contributed by atoms with Crippen LogP contribution in [0.2, 0.25) is 0 Å². The fourth-order valence-electron chi connectivity index (χ4n) is 3.80. The van der Waals surface area contributed by atoms with Gasteiger partial charge in [0.15, 0.2) is 0 Å². The molecule has 0 spiro atoms. The van der Waals surface area contributed by atoms with Gasteiger partial charge in [-0.25, -0.2) is 4.98 Å². The average Bonchev–Trinajstić information content (AvgIpc) is 3.29. The van der Waals surface area contributed by atoms with Crippen LogP contribution in [0.15, 0.2) is 102 Å². The summed E-state index contributed by atoms with van der Waals surface area (Å²) < 4.78 is 2.03. The Bertz CT molecular complexity index is 1340. The van der Waals surface area contributed by atoms with Gasteiger partial charge in [0, 0.05) is 35.1 Å². The monoisotopic (exact) mass is 377 g/mol. The maximum Gasteiger partial charge on any atom is 0.249 e. The number of imidazole rings is 1. The Morgan fingerprint density at radius 3 is 2.55 bits per heavy atom. The van der Waals surface area contributed by atoms with Crippen molar-refractivity contribution in [1.29, 1.82) is 0 Å². The molecule has 29 heavy (non-hydrogen) atoms. The molecule has 0 saturated carbocycles. The lowest BCUT2D eigenvalue weighted by molar-refractivity contribution is 1.02. The number of pyridine rings is 1. The van der Waals surface area contributed by atoms with Gasteiger partial charge in [0.25, 0.3) is 0 Å². The Hall–Kier alpha value is -3.92. The number of H-pyrrole nitrogens is 1. The van der Waals surface area contributed by atoms with E-state index in [-0.39, 0.29) is 5.56 Å². The molecule has 0 aliphatic carbocycles. The number of nitrogens with one attached hydrogen (secondary N) is 1. The van der Waals surface area contributed by atoms with Gasteiger partial charge in [-0.1, -0.05) is 54.6 Å². The summed E-state index contributed by atoms with van der Waals surface area (Å²) in [5.74, 6) is 0. The van der Waals surface area contributed by atoms with E-state index >= 15 is 0 Å². The van der Waals surface area contributed by atoms with Crippen LogP contribution in [0.4, 0.5) is 0 Å². The third kappa shape index (κ3) is 3.36. The van der Waals surface area contributed by atoms with Crippen molar-refractivity contribution in [2.75, 3.05) is 0 Å². The highest BCUT2D eigenvalue weighted by Gasteiger charge is 2.09. The van der Waals surface area contributed by atoms with E-state index in [0.717, 1.165) is 34.1 Å². The lowest BCUT2D eigenvalue weighted by atomic mass is 9.97. The Morgan fingerprint density at radius 2 is 1.72 bits per heavy atom. The number of benzene rings is 3. The Morgan fingerprint density at radius 1 is 0.897 bits per heavy atom. The van der Waals surface area contributed by atoms with Gasteiger partial charge in [-0.2, -0.15) is 0 Å². The quantitative estimate of drug-likeness (QED) is 0.481. The van der Waals surface area contributed by atoms with E-state index in [9.17, 15) is 4.79 Å². The van der Waals surface area contributed by atoms with Crippen LogP contribution in [-0.2, 0) is 6.42 Å².